The standard InChI is InChI=1S/C31H32O2P2.C8H12.BF4.Rh/c1-31(2)32-29(23-34(25-15-7-3-8-16-25)26-17-9-4-10-18-26)30(33-31)24-35(27-19-11-5-12-20-27)28-21-13-6-14-22-28;1-2-4-6-8-7-5-3-1;2-1(3,4)5;/h3-22,29-30H,23-24H2,1-2H3;1-2,7-8H,3-6H2;;/q;;-1;/t29-,30-;;;/m1.../s1. The molecule has 1 aliphatic heterocycles. The first-order chi connectivity index (χ1) is 23.1. The van der Waals surface area contributed by atoms with Crippen molar-refractivity contribution >= 4 is 44.3 Å². The average Bonchev–Trinajstić information content (AvgIpc) is 3.35. The predicted octanol–water partition coefficient (Wildman–Crippen LogP) is 9.45. The van der Waals surface area contributed by atoms with Crippen molar-refractivity contribution in [3.63, 3.8) is 0 Å². The summed E-state index contributed by atoms with van der Waals surface area (Å²) in [6.45, 7) is 4.11. The van der Waals surface area contributed by atoms with Gasteiger partial charge in [0, 0.05) is 31.8 Å². The molecule has 2 atom stereocenters. The van der Waals surface area contributed by atoms with Crippen LogP contribution in [-0.4, -0.2) is 37.6 Å². The minimum absolute atomic E-state index is 0. The molecule has 0 bridgehead atoms. The quantitative estimate of drug-likeness (QED) is 0.101. The van der Waals surface area contributed by atoms with E-state index in [1.54, 1.807) is 0 Å². The van der Waals surface area contributed by atoms with Gasteiger partial charge in [-0.3, -0.25) is 0 Å². The Morgan fingerprint density at radius 3 is 0.959 bits per heavy atom. The Hall–Kier alpha value is -1.93. The molecule has 1 aliphatic carbocycles. The second kappa shape index (κ2) is 21.4. The Labute approximate surface area is 306 Å². The molecule has 0 N–H and O–H groups in total. The van der Waals surface area contributed by atoms with Crippen LogP contribution < -0.4 is 21.2 Å². The normalized spacial score (nSPS) is 18.9. The Bertz CT molecular complexity index is 1230. The summed E-state index contributed by atoms with van der Waals surface area (Å²) in [6.07, 6.45) is 16.0. The summed E-state index contributed by atoms with van der Waals surface area (Å²) >= 11 is 0. The van der Waals surface area contributed by atoms with Crippen molar-refractivity contribution in [1.82, 2.24) is 0 Å². The van der Waals surface area contributed by atoms with Crippen molar-refractivity contribution < 1.29 is 46.2 Å². The van der Waals surface area contributed by atoms with Gasteiger partial charge < -0.3 is 26.7 Å². The zero-order chi connectivity index (χ0) is 34.2. The van der Waals surface area contributed by atoms with E-state index in [-0.39, 0.29) is 31.7 Å². The molecule has 4 aromatic rings. The molecule has 0 amide bonds. The van der Waals surface area contributed by atoms with Crippen LogP contribution in [0.15, 0.2) is 121 Å². The molecule has 263 valence electrons. The molecule has 0 spiro atoms. The topological polar surface area (TPSA) is 18.5 Å². The summed E-state index contributed by atoms with van der Waals surface area (Å²) in [4.78, 5) is 0. The second-order valence-electron chi connectivity index (χ2n) is 11.9. The van der Waals surface area contributed by atoms with E-state index in [4.69, 9.17) is 9.47 Å². The fourth-order valence-electron chi connectivity index (χ4n) is 5.59. The predicted molar refractivity (Wildman–Crippen MR) is 198 cm³/mol. The number of halogens is 4. The van der Waals surface area contributed by atoms with Crippen LogP contribution in [0.3, 0.4) is 0 Å². The smallest absolute Gasteiger partial charge is 0.418 e. The monoisotopic (exact) mass is 796 g/mol. The summed E-state index contributed by atoms with van der Waals surface area (Å²) in [5.41, 5.74) is 0. The van der Waals surface area contributed by atoms with Crippen molar-refractivity contribution in [2.75, 3.05) is 12.3 Å². The molecule has 0 aromatic heterocycles. The first kappa shape index (κ1) is 41.5. The molecule has 49 heavy (non-hydrogen) atoms. The van der Waals surface area contributed by atoms with Gasteiger partial charge in [-0.05, 0) is 102 Å². The van der Waals surface area contributed by atoms with Crippen LogP contribution in [0.25, 0.3) is 0 Å². The van der Waals surface area contributed by atoms with Crippen molar-refractivity contribution in [1.29, 1.82) is 0 Å². The molecule has 2 nitrogen and oxygen atoms in total. The number of hydrogen-bond acceptors (Lipinski definition) is 2. The Kier molecular flexibility index (Phi) is 18.2. The molecular weight excluding hydrogens is 752 g/mol. The molecule has 2 fully saturated rings. The van der Waals surface area contributed by atoms with Gasteiger partial charge in [0.25, 0.3) is 0 Å². The third-order valence-corrected chi connectivity index (χ3v) is 12.8. The van der Waals surface area contributed by atoms with Crippen molar-refractivity contribution in [2.45, 2.75) is 57.5 Å². The zero-order valence-corrected chi connectivity index (χ0v) is 31.3. The van der Waals surface area contributed by atoms with E-state index >= 15 is 0 Å². The zero-order valence-electron chi connectivity index (χ0n) is 27.9. The van der Waals surface area contributed by atoms with Gasteiger partial charge in [-0.25, -0.2) is 0 Å². The van der Waals surface area contributed by atoms with Gasteiger partial charge >= 0.3 is 7.25 Å². The molecule has 6 rings (SSSR count). The number of hydrogen-bond donors (Lipinski definition) is 0. The van der Waals surface area contributed by atoms with Crippen LogP contribution >= 0.6 is 15.8 Å². The average molecular weight is 796 g/mol. The molecule has 5 radical (unpaired) electrons. The molecule has 4 aromatic carbocycles. The molecule has 0 unspecified atom stereocenters. The minimum Gasteiger partial charge on any atom is -0.418 e. The van der Waals surface area contributed by atoms with Gasteiger partial charge in [0.1, 0.15) is 0 Å². The number of benzene rings is 4. The maximum absolute atomic E-state index is 9.75. The summed E-state index contributed by atoms with van der Waals surface area (Å²) in [5, 5.41) is 5.53. The van der Waals surface area contributed by atoms with E-state index in [1.807, 2.05) is 0 Å². The minimum atomic E-state index is -6.00. The van der Waals surface area contributed by atoms with Crippen molar-refractivity contribution in [2.24, 2.45) is 0 Å². The van der Waals surface area contributed by atoms with Crippen LogP contribution in [0.2, 0.25) is 0 Å². The summed E-state index contributed by atoms with van der Waals surface area (Å²) in [7, 11) is -7.12. The molecule has 1 saturated heterocycles. The molecule has 1 heterocycles. The van der Waals surface area contributed by atoms with Crippen LogP contribution in [0.5, 0.6) is 0 Å². The van der Waals surface area contributed by atoms with Gasteiger partial charge in [0.15, 0.2) is 5.79 Å². The third-order valence-electron chi connectivity index (χ3n) is 7.61. The molecular formula is C39H44BF4O2P2Rh-. The second-order valence-corrected chi connectivity index (χ2v) is 16.4. The molecule has 10 heteroatoms. The van der Waals surface area contributed by atoms with Crippen LogP contribution in [-0.2, 0) is 29.0 Å². The Morgan fingerprint density at radius 1 is 0.510 bits per heavy atom. The number of ether oxygens (including phenoxy) is 2. The Morgan fingerprint density at radius 2 is 0.735 bits per heavy atom. The van der Waals surface area contributed by atoms with Crippen LogP contribution in [0, 0.1) is 25.7 Å². The summed E-state index contributed by atoms with van der Waals surface area (Å²) in [6, 6.07) is 43.6. The number of rotatable bonds is 8. The van der Waals surface area contributed by atoms with Gasteiger partial charge in [-0.2, -0.15) is 0 Å². The SMILES string of the molecule is CC1(C)O[C@H](CP(c2ccccc2)c2ccccc2)[C@@H](CP(c2ccccc2)c2ccccc2)O1.F[B-](F)(F)F.[CH]1[CH]CC[CH][CH]CC1.[Rh]. The van der Waals surface area contributed by atoms with Gasteiger partial charge in [0.2, 0.25) is 0 Å². The van der Waals surface area contributed by atoms with Crippen LogP contribution in [0.4, 0.5) is 17.3 Å². The van der Waals surface area contributed by atoms with Crippen molar-refractivity contribution in [3.05, 3.63) is 147 Å². The van der Waals surface area contributed by atoms with E-state index in [0.717, 1.165) is 12.3 Å². The summed E-state index contributed by atoms with van der Waals surface area (Å²) < 4.78 is 52.2. The van der Waals surface area contributed by atoms with Crippen molar-refractivity contribution in [3.8, 4) is 0 Å². The fraction of sp³-hybridized carbons (Fsp3) is 0.282. The first-order valence-corrected chi connectivity index (χ1v) is 19.4. The van der Waals surface area contributed by atoms with E-state index < -0.39 is 28.9 Å². The summed E-state index contributed by atoms with van der Waals surface area (Å²) in [5.74, 6) is -0.585. The fourth-order valence-corrected chi connectivity index (χ4v) is 10.5. The van der Waals surface area contributed by atoms with E-state index in [2.05, 4.69) is 161 Å². The largest absolute Gasteiger partial charge is 0.673 e. The van der Waals surface area contributed by atoms with E-state index in [9.17, 15) is 17.3 Å². The van der Waals surface area contributed by atoms with Gasteiger partial charge in [-0.1, -0.05) is 121 Å². The van der Waals surface area contributed by atoms with Crippen LogP contribution in [0.1, 0.15) is 39.5 Å². The molecule has 2 aliphatic rings. The maximum Gasteiger partial charge on any atom is 0.673 e. The van der Waals surface area contributed by atoms with Gasteiger partial charge in [-0.15, -0.1) is 0 Å². The van der Waals surface area contributed by atoms with Gasteiger partial charge in [0.05, 0.1) is 12.2 Å². The first-order valence-electron chi connectivity index (χ1n) is 16.4. The van der Waals surface area contributed by atoms with E-state index in [0.29, 0.717) is 0 Å². The third kappa shape index (κ3) is 15.5. The molecule has 1 saturated carbocycles. The Balaban J connectivity index is 0.000000392. The maximum atomic E-state index is 9.75. The van der Waals surface area contributed by atoms with E-state index in [1.165, 1.54) is 46.9 Å².